The van der Waals surface area contributed by atoms with Gasteiger partial charge in [-0.2, -0.15) is 0 Å². The summed E-state index contributed by atoms with van der Waals surface area (Å²) in [6.45, 7) is 13.3. The maximum atomic E-state index is 11.7. The molecule has 1 amide bonds. The van der Waals surface area contributed by atoms with Gasteiger partial charge in [0.15, 0.2) is 0 Å². The molecular formula is C13H23NO4. The zero-order valence-electron chi connectivity index (χ0n) is 11.9. The number of likely N-dealkylation sites (N-methyl/N-ethyl adjacent to an activating group) is 1. The zero-order chi connectivity index (χ0) is 14.3. The number of esters is 1. The molecule has 0 atom stereocenters. The van der Waals surface area contributed by atoms with Crippen molar-refractivity contribution < 1.29 is 19.1 Å². The Bertz CT molecular complexity index is 317. The van der Waals surface area contributed by atoms with Crippen molar-refractivity contribution in [1.29, 1.82) is 0 Å². The van der Waals surface area contributed by atoms with Gasteiger partial charge in [-0.25, -0.2) is 9.59 Å². The number of ether oxygens (including phenoxy) is 2. The predicted octanol–water partition coefficient (Wildman–Crippen LogP) is 2.36. The number of nitrogens with zero attached hydrogens (tertiary/aromatic N) is 1. The van der Waals surface area contributed by atoms with Crippen molar-refractivity contribution in [1.82, 2.24) is 4.90 Å². The van der Waals surface area contributed by atoms with E-state index in [4.69, 9.17) is 9.47 Å². The minimum Gasteiger partial charge on any atom is -0.460 e. The highest BCUT2D eigenvalue weighted by Gasteiger charge is 2.21. The molecule has 0 N–H and O–H groups in total. The van der Waals surface area contributed by atoms with Crippen LogP contribution in [0.1, 0.15) is 34.6 Å². The SMILES string of the molecule is C=C(C)C(=O)OCCN(CC)C(=O)OC(C)(C)C. The van der Waals surface area contributed by atoms with Crippen LogP contribution in [0.25, 0.3) is 0 Å². The molecule has 0 aliphatic heterocycles. The molecule has 0 heterocycles. The van der Waals surface area contributed by atoms with Crippen molar-refractivity contribution in [2.24, 2.45) is 0 Å². The van der Waals surface area contributed by atoms with E-state index in [1.807, 2.05) is 6.92 Å². The summed E-state index contributed by atoms with van der Waals surface area (Å²) in [6, 6.07) is 0. The smallest absolute Gasteiger partial charge is 0.410 e. The fourth-order valence-corrected chi connectivity index (χ4v) is 1.08. The van der Waals surface area contributed by atoms with Crippen LogP contribution in [-0.2, 0) is 14.3 Å². The number of carbonyl (C=O) groups excluding carboxylic acids is 2. The summed E-state index contributed by atoms with van der Waals surface area (Å²) >= 11 is 0. The first-order chi connectivity index (χ1) is 8.17. The lowest BCUT2D eigenvalue weighted by Gasteiger charge is -2.26. The molecule has 0 aromatic heterocycles. The van der Waals surface area contributed by atoms with Gasteiger partial charge in [0.2, 0.25) is 0 Å². The minimum absolute atomic E-state index is 0.138. The maximum absolute atomic E-state index is 11.7. The molecule has 0 rings (SSSR count). The monoisotopic (exact) mass is 257 g/mol. The Morgan fingerprint density at radius 3 is 2.22 bits per heavy atom. The largest absolute Gasteiger partial charge is 0.460 e. The molecule has 18 heavy (non-hydrogen) atoms. The third-order valence-corrected chi connectivity index (χ3v) is 1.98. The summed E-state index contributed by atoms with van der Waals surface area (Å²) in [4.78, 5) is 24.4. The molecule has 5 heteroatoms. The topological polar surface area (TPSA) is 55.8 Å². The van der Waals surface area contributed by atoms with Crippen LogP contribution in [0.5, 0.6) is 0 Å². The van der Waals surface area contributed by atoms with Gasteiger partial charge in [-0.3, -0.25) is 0 Å². The van der Waals surface area contributed by atoms with Crippen LogP contribution in [0.3, 0.4) is 0 Å². The molecule has 0 aromatic carbocycles. The maximum Gasteiger partial charge on any atom is 0.410 e. The molecule has 0 aliphatic carbocycles. The van der Waals surface area contributed by atoms with Gasteiger partial charge < -0.3 is 14.4 Å². The third-order valence-electron chi connectivity index (χ3n) is 1.98. The standard InChI is InChI=1S/C13H23NO4/c1-7-14(12(16)18-13(4,5)6)8-9-17-11(15)10(2)3/h2,7-9H2,1,3-6H3. The molecule has 0 saturated carbocycles. The second-order valence-corrected chi connectivity index (χ2v) is 4.98. The van der Waals surface area contributed by atoms with Crippen LogP contribution in [-0.4, -0.2) is 42.3 Å². The Kier molecular flexibility index (Phi) is 6.44. The molecule has 0 unspecified atom stereocenters. The lowest BCUT2D eigenvalue weighted by molar-refractivity contribution is -0.139. The van der Waals surface area contributed by atoms with Gasteiger partial charge in [0.1, 0.15) is 12.2 Å². The molecule has 0 aromatic rings. The van der Waals surface area contributed by atoms with Crippen LogP contribution in [0.4, 0.5) is 4.79 Å². The van der Waals surface area contributed by atoms with Crippen LogP contribution >= 0.6 is 0 Å². The van der Waals surface area contributed by atoms with Crippen molar-refractivity contribution in [2.45, 2.75) is 40.2 Å². The Balaban J connectivity index is 4.16. The molecule has 0 bridgehead atoms. The second kappa shape index (κ2) is 7.03. The first kappa shape index (κ1) is 16.5. The van der Waals surface area contributed by atoms with Crippen molar-refractivity contribution in [3.63, 3.8) is 0 Å². The highest BCUT2D eigenvalue weighted by Crippen LogP contribution is 2.09. The van der Waals surface area contributed by atoms with Gasteiger partial charge in [0.05, 0.1) is 6.54 Å². The summed E-state index contributed by atoms with van der Waals surface area (Å²) < 4.78 is 10.2. The Morgan fingerprint density at radius 1 is 1.28 bits per heavy atom. The molecule has 0 fully saturated rings. The number of hydrogen-bond acceptors (Lipinski definition) is 4. The van der Waals surface area contributed by atoms with Crippen LogP contribution < -0.4 is 0 Å². The molecule has 0 radical (unpaired) electrons. The van der Waals surface area contributed by atoms with Crippen LogP contribution in [0.2, 0.25) is 0 Å². The average Bonchev–Trinajstić information content (AvgIpc) is 2.21. The minimum atomic E-state index is -0.529. The van der Waals surface area contributed by atoms with Gasteiger partial charge in [-0.05, 0) is 34.6 Å². The van der Waals surface area contributed by atoms with Crippen molar-refractivity contribution in [2.75, 3.05) is 19.7 Å². The molecule has 104 valence electrons. The Hall–Kier alpha value is -1.52. The van der Waals surface area contributed by atoms with E-state index in [-0.39, 0.29) is 6.61 Å². The summed E-state index contributed by atoms with van der Waals surface area (Å²) in [5.41, 5.74) is -0.186. The van der Waals surface area contributed by atoms with E-state index in [1.54, 1.807) is 27.7 Å². The quantitative estimate of drug-likeness (QED) is 0.560. The number of amides is 1. The van der Waals surface area contributed by atoms with E-state index in [2.05, 4.69) is 6.58 Å². The van der Waals surface area contributed by atoms with Crippen molar-refractivity contribution in [3.05, 3.63) is 12.2 Å². The highest BCUT2D eigenvalue weighted by molar-refractivity contribution is 5.86. The molecule has 0 spiro atoms. The zero-order valence-corrected chi connectivity index (χ0v) is 11.9. The van der Waals surface area contributed by atoms with Crippen LogP contribution in [0.15, 0.2) is 12.2 Å². The van der Waals surface area contributed by atoms with E-state index in [9.17, 15) is 9.59 Å². The van der Waals surface area contributed by atoms with Gasteiger partial charge in [-0.15, -0.1) is 0 Å². The molecule has 0 saturated heterocycles. The lowest BCUT2D eigenvalue weighted by Crippen LogP contribution is -2.38. The fraction of sp³-hybridized carbons (Fsp3) is 0.692. The van der Waals surface area contributed by atoms with E-state index in [0.29, 0.717) is 18.7 Å². The summed E-state index contributed by atoms with van der Waals surface area (Å²) in [5.74, 6) is -0.449. The van der Waals surface area contributed by atoms with Crippen molar-refractivity contribution >= 4 is 12.1 Å². The number of carbonyl (C=O) groups is 2. The van der Waals surface area contributed by atoms with E-state index in [0.717, 1.165) is 0 Å². The second-order valence-electron chi connectivity index (χ2n) is 4.98. The highest BCUT2D eigenvalue weighted by atomic mass is 16.6. The van der Waals surface area contributed by atoms with Gasteiger partial charge in [0, 0.05) is 12.1 Å². The Morgan fingerprint density at radius 2 is 1.83 bits per heavy atom. The number of rotatable bonds is 5. The van der Waals surface area contributed by atoms with Crippen LogP contribution in [0, 0.1) is 0 Å². The van der Waals surface area contributed by atoms with E-state index < -0.39 is 17.7 Å². The normalized spacial score (nSPS) is 10.7. The Labute approximate surface area is 109 Å². The third kappa shape index (κ3) is 6.93. The van der Waals surface area contributed by atoms with E-state index in [1.165, 1.54) is 4.90 Å². The van der Waals surface area contributed by atoms with E-state index >= 15 is 0 Å². The van der Waals surface area contributed by atoms with Gasteiger partial charge >= 0.3 is 12.1 Å². The summed E-state index contributed by atoms with van der Waals surface area (Å²) in [6.07, 6.45) is -0.406. The van der Waals surface area contributed by atoms with Gasteiger partial charge in [-0.1, -0.05) is 6.58 Å². The molecule has 0 aliphatic rings. The van der Waals surface area contributed by atoms with Gasteiger partial charge in [0.25, 0.3) is 0 Å². The first-order valence-corrected chi connectivity index (χ1v) is 5.98. The van der Waals surface area contributed by atoms with Crippen molar-refractivity contribution in [3.8, 4) is 0 Å². The average molecular weight is 257 g/mol. The summed E-state index contributed by atoms with van der Waals surface area (Å²) in [7, 11) is 0. The lowest BCUT2D eigenvalue weighted by atomic mass is 10.2. The predicted molar refractivity (Wildman–Crippen MR) is 69.3 cm³/mol. The molecular weight excluding hydrogens is 234 g/mol. The fourth-order valence-electron chi connectivity index (χ4n) is 1.08. The first-order valence-electron chi connectivity index (χ1n) is 5.98. The summed E-state index contributed by atoms with van der Waals surface area (Å²) in [5, 5.41) is 0. The number of hydrogen-bond donors (Lipinski definition) is 0. The molecule has 5 nitrogen and oxygen atoms in total.